The Hall–Kier alpha value is -1.32. The molecule has 1 aromatic heterocycles. The van der Waals surface area contributed by atoms with E-state index in [-0.39, 0.29) is 17.9 Å². The normalized spacial score (nSPS) is 25.2. The molecule has 2 nitrogen and oxygen atoms in total. The molecule has 0 saturated carbocycles. The highest BCUT2D eigenvalue weighted by molar-refractivity contribution is 7.99. The molecule has 2 aliphatic rings. The molecule has 3 heteroatoms. The van der Waals surface area contributed by atoms with Crippen LogP contribution in [-0.4, -0.2) is 21.9 Å². The van der Waals surface area contributed by atoms with Crippen molar-refractivity contribution in [1.29, 1.82) is 0 Å². The molecular weight excluding hydrogens is 278 g/mol. The van der Waals surface area contributed by atoms with Gasteiger partial charge in [-0.1, -0.05) is 24.3 Å². The van der Waals surface area contributed by atoms with Crippen molar-refractivity contribution in [3.63, 3.8) is 0 Å². The number of hydrogen-bond acceptors (Lipinski definition) is 3. The van der Waals surface area contributed by atoms with E-state index in [4.69, 9.17) is 0 Å². The van der Waals surface area contributed by atoms with E-state index in [0.29, 0.717) is 0 Å². The summed E-state index contributed by atoms with van der Waals surface area (Å²) in [5.41, 5.74) is 3.77. The van der Waals surface area contributed by atoms with Gasteiger partial charge in [-0.2, -0.15) is 0 Å². The quantitative estimate of drug-likeness (QED) is 0.916. The predicted octanol–water partition coefficient (Wildman–Crippen LogP) is 3.75. The monoisotopic (exact) mass is 297 g/mol. The first-order valence-corrected chi connectivity index (χ1v) is 8.67. The molecule has 3 atom stereocenters. The minimum absolute atomic E-state index is 0.187. The number of nitrogens with zero attached hydrogens (tertiary/aromatic N) is 1. The number of aryl methyl sites for hydroxylation is 1. The van der Waals surface area contributed by atoms with Crippen molar-refractivity contribution in [2.75, 3.05) is 5.75 Å². The highest BCUT2D eigenvalue weighted by Gasteiger charge is 2.36. The zero-order chi connectivity index (χ0) is 14.2. The van der Waals surface area contributed by atoms with Crippen molar-refractivity contribution in [2.24, 2.45) is 0 Å². The third-order valence-corrected chi connectivity index (χ3v) is 6.01. The van der Waals surface area contributed by atoms with Gasteiger partial charge in [0.05, 0.1) is 6.10 Å². The van der Waals surface area contributed by atoms with Crippen molar-refractivity contribution in [2.45, 2.75) is 42.1 Å². The van der Waals surface area contributed by atoms with E-state index in [0.717, 1.165) is 30.7 Å². The van der Waals surface area contributed by atoms with Gasteiger partial charge < -0.3 is 5.11 Å². The average molecular weight is 297 g/mol. The van der Waals surface area contributed by atoms with E-state index in [9.17, 15) is 5.11 Å². The van der Waals surface area contributed by atoms with Crippen LogP contribution in [0, 0.1) is 0 Å². The molecule has 0 spiro atoms. The number of pyridine rings is 1. The zero-order valence-electron chi connectivity index (χ0n) is 11.9. The lowest BCUT2D eigenvalue weighted by molar-refractivity contribution is 0.111. The van der Waals surface area contributed by atoms with Crippen LogP contribution in [0.15, 0.2) is 47.5 Å². The van der Waals surface area contributed by atoms with Gasteiger partial charge in [-0.3, -0.25) is 4.98 Å². The molecule has 0 bridgehead atoms. The summed E-state index contributed by atoms with van der Waals surface area (Å²) in [6.45, 7) is 0. The van der Waals surface area contributed by atoms with Gasteiger partial charge in [0.1, 0.15) is 0 Å². The minimum atomic E-state index is -0.324. The van der Waals surface area contributed by atoms with E-state index in [1.165, 1.54) is 16.0 Å². The van der Waals surface area contributed by atoms with Crippen LogP contribution in [0.5, 0.6) is 0 Å². The van der Waals surface area contributed by atoms with Crippen LogP contribution >= 0.6 is 11.8 Å². The Kier molecular flexibility index (Phi) is 3.48. The van der Waals surface area contributed by atoms with Gasteiger partial charge in [-0.15, -0.1) is 11.8 Å². The number of fused-ring (bicyclic) bond motifs is 2. The van der Waals surface area contributed by atoms with Crippen molar-refractivity contribution < 1.29 is 5.11 Å². The predicted molar refractivity (Wildman–Crippen MR) is 85.8 cm³/mol. The maximum atomic E-state index is 11.0. The van der Waals surface area contributed by atoms with Gasteiger partial charge in [-0.05, 0) is 42.5 Å². The number of rotatable bonds is 2. The molecule has 4 rings (SSSR count). The second kappa shape index (κ2) is 5.47. The van der Waals surface area contributed by atoms with Crippen molar-refractivity contribution in [3.8, 4) is 0 Å². The van der Waals surface area contributed by atoms with Crippen molar-refractivity contribution >= 4 is 11.8 Å². The highest BCUT2D eigenvalue weighted by atomic mass is 32.2. The van der Waals surface area contributed by atoms with Crippen molar-refractivity contribution in [1.82, 2.24) is 4.98 Å². The SMILES string of the molecule is OC(C1CSc2ccccc21)C1CCCc2cccnc21. The maximum absolute atomic E-state index is 11.0. The first-order chi connectivity index (χ1) is 10.3. The molecule has 2 aromatic rings. The molecule has 1 aromatic carbocycles. The third kappa shape index (κ3) is 2.29. The van der Waals surface area contributed by atoms with Gasteiger partial charge in [0.25, 0.3) is 0 Å². The fourth-order valence-electron chi connectivity index (χ4n) is 3.73. The molecule has 0 radical (unpaired) electrons. The Balaban J connectivity index is 1.66. The summed E-state index contributed by atoms with van der Waals surface area (Å²) in [5, 5.41) is 11.0. The van der Waals surface area contributed by atoms with Crippen LogP contribution in [0.2, 0.25) is 0 Å². The number of aliphatic hydroxyl groups is 1. The number of benzene rings is 1. The van der Waals surface area contributed by atoms with Gasteiger partial charge in [0.2, 0.25) is 0 Å². The molecule has 2 heterocycles. The van der Waals surface area contributed by atoms with Crippen LogP contribution in [0.4, 0.5) is 0 Å². The minimum Gasteiger partial charge on any atom is -0.392 e. The number of aliphatic hydroxyl groups excluding tert-OH is 1. The summed E-state index contributed by atoms with van der Waals surface area (Å²) in [4.78, 5) is 5.91. The number of thioether (sulfide) groups is 1. The lowest BCUT2D eigenvalue weighted by Gasteiger charge is -2.31. The van der Waals surface area contributed by atoms with Crippen LogP contribution in [0.3, 0.4) is 0 Å². The van der Waals surface area contributed by atoms with Gasteiger partial charge in [0.15, 0.2) is 0 Å². The van der Waals surface area contributed by atoms with Crippen LogP contribution in [0.1, 0.15) is 41.5 Å². The second-order valence-electron chi connectivity index (χ2n) is 5.99. The molecule has 21 heavy (non-hydrogen) atoms. The van der Waals surface area contributed by atoms with Crippen molar-refractivity contribution in [3.05, 3.63) is 59.4 Å². The lowest BCUT2D eigenvalue weighted by atomic mass is 9.78. The summed E-state index contributed by atoms with van der Waals surface area (Å²) in [5.74, 6) is 1.41. The molecule has 0 amide bonds. The summed E-state index contributed by atoms with van der Waals surface area (Å²) in [7, 11) is 0. The third-order valence-electron chi connectivity index (χ3n) is 4.80. The molecular formula is C18H19NOS. The van der Waals surface area contributed by atoms with E-state index in [1.807, 2.05) is 24.0 Å². The summed E-state index contributed by atoms with van der Waals surface area (Å²) >= 11 is 1.87. The Bertz CT molecular complexity index is 657. The second-order valence-corrected chi connectivity index (χ2v) is 7.05. The fraction of sp³-hybridized carbons (Fsp3) is 0.389. The first-order valence-electron chi connectivity index (χ1n) is 7.68. The summed E-state index contributed by atoms with van der Waals surface area (Å²) in [6.07, 6.45) is 4.84. The van der Waals surface area contributed by atoms with Gasteiger partial charge in [0, 0.05) is 34.4 Å². The topological polar surface area (TPSA) is 33.1 Å². The number of hydrogen-bond donors (Lipinski definition) is 1. The summed E-state index contributed by atoms with van der Waals surface area (Å²) in [6, 6.07) is 12.7. The van der Waals surface area contributed by atoms with Gasteiger partial charge in [-0.25, -0.2) is 0 Å². The van der Waals surface area contributed by atoms with Crippen LogP contribution in [-0.2, 0) is 6.42 Å². The smallest absolute Gasteiger partial charge is 0.0700 e. The Morgan fingerprint density at radius 2 is 2.05 bits per heavy atom. The first kappa shape index (κ1) is 13.4. The molecule has 108 valence electrons. The van der Waals surface area contributed by atoms with E-state index >= 15 is 0 Å². The average Bonchev–Trinajstić information content (AvgIpc) is 2.98. The standard InChI is InChI=1S/C18H19NOS/c20-18(15-11-21-16-9-2-1-7-13(15)16)14-8-3-5-12-6-4-10-19-17(12)14/h1-2,4,6-7,9-10,14-15,18,20H,3,5,8,11H2. The van der Waals surface area contributed by atoms with E-state index in [2.05, 4.69) is 35.3 Å². The molecule has 3 unspecified atom stereocenters. The fourth-order valence-corrected chi connectivity index (χ4v) is 5.03. The zero-order valence-corrected chi connectivity index (χ0v) is 12.7. The molecule has 0 fully saturated rings. The van der Waals surface area contributed by atoms with E-state index in [1.54, 1.807) is 0 Å². The van der Waals surface area contributed by atoms with Gasteiger partial charge >= 0.3 is 0 Å². The van der Waals surface area contributed by atoms with E-state index < -0.39 is 0 Å². The molecule has 1 N–H and O–H groups in total. The molecule has 1 aliphatic carbocycles. The summed E-state index contributed by atoms with van der Waals surface area (Å²) < 4.78 is 0. The highest BCUT2D eigenvalue weighted by Crippen LogP contribution is 2.46. The Morgan fingerprint density at radius 3 is 3.00 bits per heavy atom. The number of aromatic nitrogens is 1. The molecule has 0 saturated heterocycles. The lowest BCUT2D eigenvalue weighted by Crippen LogP contribution is -2.29. The largest absolute Gasteiger partial charge is 0.392 e. The van der Waals surface area contributed by atoms with Crippen LogP contribution in [0.25, 0.3) is 0 Å². The molecule has 1 aliphatic heterocycles. The Labute approximate surface area is 129 Å². The van der Waals surface area contributed by atoms with Crippen LogP contribution < -0.4 is 0 Å². The maximum Gasteiger partial charge on any atom is 0.0700 e. The Morgan fingerprint density at radius 1 is 1.14 bits per heavy atom.